The molecule has 1 saturated heterocycles. The van der Waals surface area contributed by atoms with E-state index in [4.69, 9.17) is 0 Å². The molecule has 238 valence electrons. The molecule has 4 aliphatic carbocycles. The Kier molecular flexibility index (Phi) is 8.14. The highest BCUT2D eigenvalue weighted by Crippen LogP contribution is 2.65. The van der Waals surface area contributed by atoms with Crippen LogP contribution in [0.25, 0.3) is 10.9 Å². The molecule has 1 aliphatic heterocycles. The molecule has 2 aromatic carbocycles. The number of likely N-dealkylation sites (tertiary alicyclic amines) is 1. The van der Waals surface area contributed by atoms with Gasteiger partial charge in [0.25, 0.3) is 0 Å². The first kappa shape index (κ1) is 30.9. The lowest BCUT2D eigenvalue weighted by atomic mass is 9.49. The molecule has 3 aromatic rings. The van der Waals surface area contributed by atoms with E-state index in [1.807, 2.05) is 54.7 Å². The molecule has 3 N–H and O–H groups in total. The molecular formula is C35H40Br2N4O4. The van der Waals surface area contributed by atoms with Gasteiger partial charge in [-0.2, -0.15) is 0 Å². The fourth-order valence-electron chi connectivity index (χ4n) is 9.21. The average Bonchev–Trinajstić information content (AvgIpc) is 3.59. The first-order valence-electron chi connectivity index (χ1n) is 16.0. The van der Waals surface area contributed by atoms with E-state index in [9.17, 15) is 19.5 Å². The second-order valence-electron chi connectivity index (χ2n) is 14.2. The number of alkyl halides is 1. The number of carbonyl (C=O) groups excluding carboxylic acids is 3. The number of hydrogen-bond acceptors (Lipinski definition) is 4. The van der Waals surface area contributed by atoms with Crippen LogP contribution in [0.1, 0.15) is 56.1 Å². The first-order chi connectivity index (χ1) is 21.5. The average molecular weight is 741 g/mol. The summed E-state index contributed by atoms with van der Waals surface area (Å²) in [6.07, 6.45) is 7.47. The van der Waals surface area contributed by atoms with Crippen LogP contribution in [0.2, 0.25) is 0 Å². The molecule has 1 aromatic heterocycles. The zero-order valence-corrected chi connectivity index (χ0v) is 28.6. The molecule has 8 nitrogen and oxygen atoms in total. The molecule has 5 fully saturated rings. The summed E-state index contributed by atoms with van der Waals surface area (Å²) in [5, 5.41) is 14.8. The molecule has 4 saturated carbocycles. The Balaban J connectivity index is 1.14. The van der Waals surface area contributed by atoms with Gasteiger partial charge >= 0.3 is 0 Å². The number of likely N-dealkylation sites (N-methyl/N-ethyl adjacent to an activating group) is 1. The quantitative estimate of drug-likeness (QED) is 0.273. The van der Waals surface area contributed by atoms with E-state index in [-0.39, 0.29) is 41.4 Å². The number of β-amino-alcohol motifs (C(OH)–C–C–N with tert-alkyl or cyclic N) is 1. The number of benzene rings is 2. The number of halogens is 2. The van der Waals surface area contributed by atoms with Gasteiger partial charge in [-0.15, -0.1) is 0 Å². The van der Waals surface area contributed by atoms with Gasteiger partial charge in [0.2, 0.25) is 17.7 Å². The SMILES string of the molecule is CN(Cc1ccccc1Br)C(=O)C(Cc1c[nH]c2ccccc12)NC(=O)C1C[C@@H](O)CN1C(=O)C12CC3CC(CC(Br)(C3)C1)C2. The van der Waals surface area contributed by atoms with Crippen LogP contribution in [0.4, 0.5) is 0 Å². The maximum Gasteiger partial charge on any atom is 0.245 e. The van der Waals surface area contributed by atoms with Crippen molar-refractivity contribution in [2.24, 2.45) is 17.3 Å². The number of aliphatic hydroxyl groups is 1. The van der Waals surface area contributed by atoms with Crippen molar-refractivity contribution in [2.75, 3.05) is 13.6 Å². The third kappa shape index (κ3) is 5.87. The zero-order chi connectivity index (χ0) is 31.5. The number of aliphatic hydroxyl groups excluding tert-OH is 1. The van der Waals surface area contributed by atoms with E-state index in [1.54, 1.807) is 16.8 Å². The highest BCUT2D eigenvalue weighted by molar-refractivity contribution is 9.10. The molecule has 8 rings (SSSR count). The predicted octanol–water partition coefficient (Wildman–Crippen LogP) is 5.31. The van der Waals surface area contributed by atoms with E-state index in [2.05, 4.69) is 42.2 Å². The Morgan fingerprint density at radius 1 is 1.04 bits per heavy atom. The van der Waals surface area contributed by atoms with Crippen molar-refractivity contribution in [1.82, 2.24) is 20.1 Å². The number of hydrogen-bond donors (Lipinski definition) is 3. The van der Waals surface area contributed by atoms with Crippen LogP contribution >= 0.6 is 31.9 Å². The molecule has 10 heteroatoms. The summed E-state index contributed by atoms with van der Waals surface area (Å²) in [5.41, 5.74) is 2.36. The summed E-state index contributed by atoms with van der Waals surface area (Å²) >= 11 is 7.60. The van der Waals surface area contributed by atoms with E-state index >= 15 is 0 Å². The Morgan fingerprint density at radius 3 is 2.49 bits per heavy atom. The largest absolute Gasteiger partial charge is 0.391 e. The minimum absolute atomic E-state index is 0.00197. The molecule has 4 bridgehead atoms. The zero-order valence-electron chi connectivity index (χ0n) is 25.5. The van der Waals surface area contributed by atoms with E-state index in [0.717, 1.165) is 58.6 Å². The summed E-state index contributed by atoms with van der Waals surface area (Å²) in [5.74, 6) is 0.442. The van der Waals surface area contributed by atoms with Gasteiger partial charge in [0, 0.05) is 58.9 Å². The molecule has 3 amide bonds. The van der Waals surface area contributed by atoms with Crippen LogP contribution in [0.3, 0.4) is 0 Å². The number of carbonyl (C=O) groups is 3. The fourth-order valence-corrected chi connectivity index (χ4v) is 11.1. The molecular weight excluding hydrogens is 700 g/mol. The van der Waals surface area contributed by atoms with Gasteiger partial charge in [-0.05, 0) is 73.6 Å². The minimum Gasteiger partial charge on any atom is -0.391 e. The topological polar surface area (TPSA) is 106 Å². The van der Waals surface area contributed by atoms with Crippen LogP contribution < -0.4 is 5.32 Å². The van der Waals surface area contributed by atoms with Crippen molar-refractivity contribution < 1.29 is 19.5 Å². The Labute approximate surface area is 280 Å². The number of nitrogens with one attached hydrogen (secondary N) is 2. The van der Waals surface area contributed by atoms with E-state index in [0.29, 0.717) is 18.4 Å². The molecule has 4 unspecified atom stereocenters. The van der Waals surface area contributed by atoms with Gasteiger partial charge < -0.3 is 25.2 Å². The standard InChI is InChI=1S/C35H40Br2N4O4/c1-40(18-23-6-2-4-8-27(23)36)32(44)29(11-24-17-38-28-9-5-3-7-26(24)28)39-31(43)30-12-25(42)19-41(30)33(45)34-13-21-10-22(14-34)16-35(37,15-21)20-34/h2-9,17,21-22,25,29-30,38,42H,10-16,18-20H2,1H3,(H,39,43)/t21?,22?,25-,29?,30?,34?,35?/m1/s1. The van der Waals surface area contributed by atoms with Crippen LogP contribution in [-0.2, 0) is 27.3 Å². The maximum absolute atomic E-state index is 14.4. The lowest BCUT2D eigenvalue weighted by Crippen LogP contribution is -2.61. The van der Waals surface area contributed by atoms with Crippen LogP contribution in [0.15, 0.2) is 59.2 Å². The number of amides is 3. The highest BCUT2D eigenvalue weighted by Gasteiger charge is 2.61. The van der Waals surface area contributed by atoms with Crippen LogP contribution in [0.5, 0.6) is 0 Å². The van der Waals surface area contributed by atoms with Crippen molar-refractivity contribution in [1.29, 1.82) is 0 Å². The third-order valence-corrected chi connectivity index (χ3v) is 12.4. The number of aromatic amines is 1. The summed E-state index contributed by atoms with van der Waals surface area (Å²) in [6.45, 7) is 0.513. The van der Waals surface area contributed by atoms with Gasteiger partial charge in [-0.3, -0.25) is 14.4 Å². The second-order valence-corrected chi connectivity index (χ2v) is 16.7. The molecule has 2 heterocycles. The summed E-state index contributed by atoms with van der Waals surface area (Å²) in [6, 6.07) is 14.0. The Morgan fingerprint density at radius 2 is 1.76 bits per heavy atom. The van der Waals surface area contributed by atoms with Gasteiger partial charge in [-0.1, -0.05) is 68.3 Å². The maximum atomic E-state index is 14.4. The smallest absolute Gasteiger partial charge is 0.245 e. The summed E-state index contributed by atoms with van der Waals surface area (Å²) < 4.78 is 0.906. The molecule has 5 atom stereocenters. The van der Waals surface area contributed by atoms with Crippen LogP contribution in [-0.4, -0.2) is 73.7 Å². The number of fused-ring (bicyclic) bond motifs is 1. The normalized spacial score (nSPS) is 30.9. The van der Waals surface area contributed by atoms with Crippen LogP contribution in [0, 0.1) is 17.3 Å². The number of H-pyrrole nitrogens is 1. The van der Waals surface area contributed by atoms with Crippen molar-refractivity contribution in [3.63, 3.8) is 0 Å². The lowest BCUT2D eigenvalue weighted by Gasteiger charge is -2.60. The van der Waals surface area contributed by atoms with Gasteiger partial charge in [0.1, 0.15) is 12.1 Å². The van der Waals surface area contributed by atoms with E-state index < -0.39 is 23.6 Å². The van der Waals surface area contributed by atoms with Crippen molar-refractivity contribution in [3.8, 4) is 0 Å². The molecule has 5 aliphatic rings. The summed E-state index contributed by atoms with van der Waals surface area (Å²) in [7, 11) is 1.74. The van der Waals surface area contributed by atoms with Crippen molar-refractivity contribution in [2.45, 2.75) is 80.4 Å². The third-order valence-electron chi connectivity index (χ3n) is 10.7. The Bertz CT molecular complexity index is 1630. The number of nitrogens with zero attached hydrogens (tertiary/aromatic N) is 2. The lowest BCUT2D eigenvalue weighted by molar-refractivity contribution is -0.159. The molecule has 45 heavy (non-hydrogen) atoms. The second kappa shape index (κ2) is 11.8. The Hall–Kier alpha value is -2.69. The van der Waals surface area contributed by atoms with E-state index in [1.165, 1.54) is 6.42 Å². The van der Waals surface area contributed by atoms with Crippen molar-refractivity contribution in [3.05, 3.63) is 70.3 Å². The predicted molar refractivity (Wildman–Crippen MR) is 179 cm³/mol. The fraction of sp³-hybridized carbons (Fsp3) is 0.514. The molecule has 0 spiro atoms. The van der Waals surface area contributed by atoms with Gasteiger partial charge in [0.05, 0.1) is 11.5 Å². The summed E-state index contributed by atoms with van der Waals surface area (Å²) in [4.78, 5) is 49.1. The minimum atomic E-state index is -0.857. The number of para-hydroxylation sites is 1. The number of rotatable bonds is 8. The monoisotopic (exact) mass is 738 g/mol. The van der Waals surface area contributed by atoms with Crippen molar-refractivity contribution >= 4 is 60.5 Å². The van der Waals surface area contributed by atoms with Gasteiger partial charge in [0.15, 0.2) is 0 Å². The highest BCUT2D eigenvalue weighted by atomic mass is 79.9. The number of aromatic nitrogens is 1. The first-order valence-corrected chi connectivity index (χ1v) is 17.6. The molecule has 0 radical (unpaired) electrons. The van der Waals surface area contributed by atoms with Gasteiger partial charge in [-0.25, -0.2) is 0 Å².